The summed E-state index contributed by atoms with van der Waals surface area (Å²) in [7, 11) is 0. The molecule has 21 heavy (non-hydrogen) atoms. The standard InChI is InChI=1S/C18H29ClN2/c1-5-6-14-7-9-21(10-8-14)17-12-15(13-19)11-16(20-17)18(2,3)4/h11-12,14H,5-10,13H2,1-4H3. The van der Waals surface area contributed by atoms with Crippen LogP contribution < -0.4 is 4.90 Å². The van der Waals surface area contributed by atoms with Crippen LogP contribution in [0.4, 0.5) is 5.82 Å². The summed E-state index contributed by atoms with van der Waals surface area (Å²) in [5, 5.41) is 0. The number of pyridine rings is 1. The van der Waals surface area contributed by atoms with Gasteiger partial charge in [-0.3, -0.25) is 0 Å². The Morgan fingerprint density at radius 2 is 1.90 bits per heavy atom. The molecule has 0 unspecified atom stereocenters. The number of piperidine rings is 1. The molecule has 2 nitrogen and oxygen atoms in total. The molecule has 1 aliphatic heterocycles. The zero-order chi connectivity index (χ0) is 15.5. The SMILES string of the molecule is CCCC1CCN(c2cc(CCl)cc(C(C)(C)C)n2)CC1. The van der Waals surface area contributed by atoms with Crippen molar-refractivity contribution in [2.45, 2.75) is 64.7 Å². The number of anilines is 1. The maximum atomic E-state index is 6.08. The van der Waals surface area contributed by atoms with Crippen molar-refractivity contribution in [3.63, 3.8) is 0 Å². The van der Waals surface area contributed by atoms with E-state index < -0.39 is 0 Å². The van der Waals surface area contributed by atoms with Gasteiger partial charge in [-0.25, -0.2) is 4.98 Å². The van der Waals surface area contributed by atoms with E-state index in [1.807, 2.05) is 0 Å². The molecular weight excluding hydrogens is 280 g/mol. The zero-order valence-electron chi connectivity index (χ0n) is 14.0. The third-order valence-electron chi connectivity index (χ3n) is 4.43. The molecule has 0 aliphatic carbocycles. The van der Waals surface area contributed by atoms with Crippen LogP contribution in [0.1, 0.15) is 64.6 Å². The van der Waals surface area contributed by atoms with Crippen molar-refractivity contribution in [1.82, 2.24) is 4.98 Å². The molecule has 3 heteroatoms. The Kier molecular flexibility index (Phi) is 5.54. The highest BCUT2D eigenvalue weighted by Gasteiger charge is 2.22. The molecule has 1 aromatic rings. The summed E-state index contributed by atoms with van der Waals surface area (Å²) < 4.78 is 0. The van der Waals surface area contributed by atoms with Gasteiger partial charge in [0.15, 0.2) is 0 Å². The molecule has 1 saturated heterocycles. The van der Waals surface area contributed by atoms with Crippen LogP contribution in [0.5, 0.6) is 0 Å². The highest BCUT2D eigenvalue weighted by Crippen LogP contribution is 2.29. The third-order valence-corrected chi connectivity index (χ3v) is 4.74. The van der Waals surface area contributed by atoms with Crippen LogP contribution in [0.3, 0.4) is 0 Å². The first-order valence-electron chi connectivity index (χ1n) is 8.26. The quantitative estimate of drug-likeness (QED) is 0.716. The molecule has 0 spiro atoms. The summed E-state index contributed by atoms with van der Waals surface area (Å²) in [4.78, 5) is 7.36. The van der Waals surface area contributed by atoms with Crippen molar-refractivity contribution in [1.29, 1.82) is 0 Å². The first-order chi connectivity index (χ1) is 9.94. The normalized spacial score (nSPS) is 17.3. The van der Waals surface area contributed by atoms with E-state index in [-0.39, 0.29) is 5.41 Å². The van der Waals surface area contributed by atoms with Crippen molar-refractivity contribution in [3.8, 4) is 0 Å². The highest BCUT2D eigenvalue weighted by atomic mass is 35.5. The fourth-order valence-corrected chi connectivity index (χ4v) is 3.21. The lowest BCUT2D eigenvalue weighted by Crippen LogP contribution is -2.34. The Bertz CT molecular complexity index is 457. The summed E-state index contributed by atoms with van der Waals surface area (Å²) in [5.41, 5.74) is 2.39. The molecule has 1 aromatic heterocycles. The predicted molar refractivity (Wildman–Crippen MR) is 92.3 cm³/mol. The molecule has 2 heterocycles. The van der Waals surface area contributed by atoms with Gasteiger partial charge in [-0.15, -0.1) is 11.6 Å². The second-order valence-corrected chi connectivity index (χ2v) is 7.59. The van der Waals surface area contributed by atoms with E-state index in [2.05, 4.69) is 44.7 Å². The minimum atomic E-state index is 0.0668. The van der Waals surface area contributed by atoms with Crippen molar-refractivity contribution in [3.05, 3.63) is 23.4 Å². The zero-order valence-corrected chi connectivity index (χ0v) is 14.7. The Labute approximate surface area is 134 Å². The second-order valence-electron chi connectivity index (χ2n) is 7.32. The van der Waals surface area contributed by atoms with Crippen molar-refractivity contribution < 1.29 is 0 Å². The molecule has 0 atom stereocenters. The molecular formula is C18H29ClN2. The lowest BCUT2D eigenvalue weighted by molar-refractivity contribution is 0.377. The van der Waals surface area contributed by atoms with E-state index >= 15 is 0 Å². The number of rotatable bonds is 4. The Hall–Kier alpha value is -0.760. The molecule has 0 bridgehead atoms. The third kappa shape index (κ3) is 4.35. The number of alkyl halides is 1. The van der Waals surface area contributed by atoms with Gasteiger partial charge in [-0.1, -0.05) is 40.5 Å². The van der Waals surface area contributed by atoms with Gasteiger partial charge >= 0.3 is 0 Å². The van der Waals surface area contributed by atoms with E-state index in [1.165, 1.54) is 31.2 Å². The van der Waals surface area contributed by atoms with Crippen LogP contribution in [0.2, 0.25) is 0 Å². The molecule has 0 saturated carbocycles. The fourth-order valence-electron chi connectivity index (χ4n) is 3.05. The monoisotopic (exact) mass is 308 g/mol. The van der Waals surface area contributed by atoms with Gasteiger partial charge in [0.2, 0.25) is 0 Å². The summed E-state index contributed by atoms with van der Waals surface area (Å²) in [6, 6.07) is 4.32. The predicted octanol–water partition coefficient (Wildman–Crippen LogP) is 5.13. The molecule has 0 radical (unpaired) electrons. The molecule has 0 N–H and O–H groups in total. The number of hydrogen-bond donors (Lipinski definition) is 0. The van der Waals surface area contributed by atoms with Crippen LogP contribution in [0, 0.1) is 5.92 Å². The van der Waals surface area contributed by atoms with E-state index in [0.717, 1.165) is 30.5 Å². The smallest absolute Gasteiger partial charge is 0.129 e. The molecule has 1 fully saturated rings. The average Bonchev–Trinajstić information content (AvgIpc) is 2.47. The topological polar surface area (TPSA) is 16.1 Å². The first kappa shape index (κ1) is 16.6. The second kappa shape index (κ2) is 7.00. The number of halogens is 1. The van der Waals surface area contributed by atoms with Crippen molar-refractivity contribution in [2.75, 3.05) is 18.0 Å². The van der Waals surface area contributed by atoms with Gasteiger partial charge in [0.25, 0.3) is 0 Å². The van der Waals surface area contributed by atoms with Gasteiger partial charge in [0.05, 0.1) is 0 Å². The largest absolute Gasteiger partial charge is 0.357 e. The lowest BCUT2D eigenvalue weighted by atomic mass is 9.90. The van der Waals surface area contributed by atoms with Crippen LogP contribution in [0.15, 0.2) is 12.1 Å². The summed E-state index contributed by atoms with van der Waals surface area (Å²) in [6.45, 7) is 11.2. The summed E-state index contributed by atoms with van der Waals surface area (Å²) in [6.07, 6.45) is 5.27. The first-order valence-corrected chi connectivity index (χ1v) is 8.80. The molecule has 2 rings (SSSR count). The number of aromatic nitrogens is 1. The van der Waals surface area contributed by atoms with E-state index in [4.69, 9.17) is 16.6 Å². The van der Waals surface area contributed by atoms with Crippen LogP contribution in [0.25, 0.3) is 0 Å². The molecule has 118 valence electrons. The minimum absolute atomic E-state index is 0.0668. The van der Waals surface area contributed by atoms with Crippen LogP contribution in [-0.2, 0) is 11.3 Å². The number of nitrogens with zero attached hydrogens (tertiary/aromatic N) is 2. The fraction of sp³-hybridized carbons (Fsp3) is 0.722. The highest BCUT2D eigenvalue weighted by molar-refractivity contribution is 6.17. The van der Waals surface area contributed by atoms with E-state index in [1.54, 1.807) is 0 Å². The Balaban J connectivity index is 2.16. The van der Waals surface area contributed by atoms with Gasteiger partial charge in [-0.2, -0.15) is 0 Å². The average molecular weight is 309 g/mol. The summed E-state index contributed by atoms with van der Waals surface area (Å²) >= 11 is 6.08. The Morgan fingerprint density at radius 1 is 1.24 bits per heavy atom. The van der Waals surface area contributed by atoms with Crippen molar-refractivity contribution >= 4 is 17.4 Å². The van der Waals surface area contributed by atoms with Gasteiger partial charge in [0.1, 0.15) is 5.82 Å². The van der Waals surface area contributed by atoms with Gasteiger partial charge in [-0.05, 0) is 36.5 Å². The molecule has 1 aliphatic rings. The minimum Gasteiger partial charge on any atom is -0.357 e. The van der Waals surface area contributed by atoms with Gasteiger partial charge in [0, 0.05) is 30.1 Å². The summed E-state index contributed by atoms with van der Waals surface area (Å²) in [5.74, 6) is 2.59. The lowest BCUT2D eigenvalue weighted by Gasteiger charge is -2.33. The maximum absolute atomic E-state index is 6.08. The van der Waals surface area contributed by atoms with Crippen LogP contribution >= 0.6 is 11.6 Å². The Morgan fingerprint density at radius 3 is 2.43 bits per heavy atom. The van der Waals surface area contributed by atoms with Crippen molar-refractivity contribution in [2.24, 2.45) is 5.92 Å². The number of hydrogen-bond acceptors (Lipinski definition) is 2. The van der Waals surface area contributed by atoms with E-state index in [9.17, 15) is 0 Å². The molecule has 0 aromatic carbocycles. The maximum Gasteiger partial charge on any atom is 0.129 e. The molecule has 0 amide bonds. The van der Waals surface area contributed by atoms with Gasteiger partial charge < -0.3 is 4.90 Å². The van der Waals surface area contributed by atoms with Crippen LogP contribution in [-0.4, -0.2) is 18.1 Å². The van der Waals surface area contributed by atoms with E-state index in [0.29, 0.717) is 5.88 Å².